The van der Waals surface area contributed by atoms with Crippen LogP contribution < -0.4 is 5.69 Å². The molecule has 1 aromatic heterocycles. The summed E-state index contributed by atoms with van der Waals surface area (Å²) in [6.45, 7) is 0.994. The summed E-state index contributed by atoms with van der Waals surface area (Å²) in [5, 5.41) is 0.614. The Morgan fingerprint density at radius 3 is 2.88 bits per heavy atom. The molecule has 5 rings (SSSR count). The molecule has 0 saturated carbocycles. The molecule has 6 heteroatoms. The molecular formula is C20H19BrClN3O. The molecule has 1 aliphatic heterocycles. The highest BCUT2D eigenvalue weighted by atomic mass is 79.9. The van der Waals surface area contributed by atoms with Crippen molar-refractivity contribution in [3.8, 4) is 0 Å². The van der Waals surface area contributed by atoms with Gasteiger partial charge in [0.05, 0.1) is 16.1 Å². The van der Waals surface area contributed by atoms with Crippen molar-refractivity contribution in [2.75, 3.05) is 13.6 Å². The Hall–Kier alpha value is -1.56. The summed E-state index contributed by atoms with van der Waals surface area (Å²) in [4.78, 5) is 20.4. The minimum Gasteiger partial charge on any atom is -0.305 e. The number of halogens is 2. The minimum atomic E-state index is -0.199. The van der Waals surface area contributed by atoms with Gasteiger partial charge < -0.3 is 14.9 Å². The molecule has 2 N–H and O–H groups in total. The van der Waals surface area contributed by atoms with Crippen molar-refractivity contribution in [2.45, 2.75) is 31.2 Å². The Morgan fingerprint density at radius 1 is 1.23 bits per heavy atom. The molecule has 0 bridgehead atoms. The number of aromatic nitrogens is 2. The van der Waals surface area contributed by atoms with Crippen LogP contribution in [0.1, 0.15) is 34.6 Å². The van der Waals surface area contributed by atoms with E-state index in [9.17, 15) is 4.79 Å². The van der Waals surface area contributed by atoms with Crippen LogP contribution >= 0.6 is 27.5 Å². The summed E-state index contributed by atoms with van der Waals surface area (Å²) in [7, 11) is 2.21. The molecular weight excluding hydrogens is 414 g/mol. The molecule has 1 aliphatic carbocycles. The summed E-state index contributed by atoms with van der Waals surface area (Å²) in [5.41, 5.74) is 6.61. The molecule has 26 heavy (non-hydrogen) atoms. The van der Waals surface area contributed by atoms with Gasteiger partial charge >= 0.3 is 5.69 Å². The van der Waals surface area contributed by atoms with Crippen molar-refractivity contribution < 1.29 is 0 Å². The normalized spacial score (nSPS) is 22.6. The molecule has 0 fully saturated rings. The molecule has 134 valence electrons. The molecule has 0 unspecified atom stereocenters. The average Bonchev–Trinajstić information content (AvgIpc) is 2.95. The molecule has 0 spiro atoms. The fraction of sp³-hybridized carbons (Fsp3) is 0.350. The Bertz CT molecular complexity index is 1090. The first-order chi connectivity index (χ1) is 12.5. The molecule has 0 amide bonds. The van der Waals surface area contributed by atoms with Crippen LogP contribution in [0, 0.1) is 0 Å². The van der Waals surface area contributed by atoms with E-state index in [1.165, 1.54) is 26.7 Å². The van der Waals surface area contributed by atoms with Crippen LogP contribution in [0.2, 0.25) is 5.02 Å². The fourth-order valence-corrected chi connectivity index (χ4v) is 5.73. The molecule has 3 aromatic rings. The zero-order valence-corrected chi connectivity index (χ0v) is 16.7. The van der Waals surface area contributed by atoms with Crippen LogP contribution in [0.25, 0.3) is 11.0 Å². The van der Waals surface area contributed by atoms with E-state index in [4.69, 9.17) is 11.6 Å². The van der Waals surface area contributed by atoms with Crippen LogP contribution in [0.5, 0.6) is 0 Å². The lowest BCUT2D eigenvalue weighted by molar-refractivity contribution is 0.214. The number of nitrogens with one attached hydrogen (secondary N) is 2. The van der Waals surface area contributed by atoms with Gasteiger partial charge in [-0.25, -0.2) is 4.79 Å². The van der Waals surface area contributed by atoms with Crippen molar-refractivity contribution in [2.24, 2.45) is 0 Å². The van der Waals surface area contributed by atoms with Gasteiger partial charge in [0.1, 0.15) is 0 Å². The summed E-state index contributed by atoms with van der Waals surface area (Å²) in [6.07, 6.45) is 3.11. The number of rotatable bonds is 0. The van der Waals surface area contributed by atoms with E-state index in [1.54, 1.807) is 0 Å². The Labute approximate surface area is 164 Å². The Morgan fingerprint density at radius 2 is 2.04 bits per heavy atom. The van der Waals surface area contributed by atoms with Crippen molar-refractivity contribution in [3.63, 3.8) is 0 Å². The largest absolute Gasteiger partial charge is 0.323 e. The predicted molar refractivity (Wildman–Crippen MR) is 108 cm³/mol. The van der Waals surface area contributed by atoms with Gasteiger partial charge in [-0.05, 0) is 60.7 Å². The van der Waals surface area contributed by atoms with E-state index in [-0.39, 0.29) is 11.6 Å². The number of fused-ring (bicyclic) bond motifs is 7. The molecule has 2 atom stereocenters. The third-order valence-electron chi connectivity index (χ3n) is 6.06. The van der Waals surface area contributed by atoms with Gasteiger partial charge in [-0.2, -0.15) is 0 Å². The zero-order valence-electron chi connectivity index (χ0n) is 14.4. The Balaban J connectivity index is 1.87. The number of likely N-dealkylation sites (N-methyl/N-ethyl adjacent to an activating group) is 1. The Kier molecular flexibility index (Phi) is 3.82. The molecule has 2 aromatic carbocycles. The van der Waals surface area contributed by atoms with Crippen LogP contribution in [0.3, 0.4) is 0 Å². The number of H-pyrrole nitrogens is 2. The summed E-state index contributed by atoms with van der Waals surface area (Å²) in [5.74, 6) is 0.227. The van der Waals surface area contributed by atoms with Crippen molar-refractivity contribution in [3.05, 3.63) is 66.5 Å². The lowest BCUT2D eigenvalue weighted by Gasteiger charge is -2.38. The number of imidazole rings is 1. The van der Waals surface area contributed by atoms with Gasteiger partial charge in [0.15, 0.2) is 0 Å². The van der Waals surface area contributed by atoms with E-state index >= 15 is 0 Å². The number of benzene rings is 2. The fourth-order valence-electron chi connectivity index (χ4n) is 4.87. The maximum absolute atomic E-state index is 12.0. The van der Waals surface area contributed by atoms with Crippen molar-refractivity contribution >= 4 is 38.6 Å². The maximum Gasteiger partial charge on any atom is 0.323 e. The highest BCUT2D eigenvalue weighted by Crippen LogP contribution is 2.46. The van der Waals surface area contributed by atoms with Crippen molar-refractivity contribution in [1.82, 2.24) is 14.9 Å². The number of hydrogen-bond acceptors (Lipinski definition) is 2. The topological polar surface area (TPSA) is 51.9 Å². The minimum absolute atomic E-state index is 0.199. The molecule has 2 aliphatic rings. The van der Waals surface area contributed by atoms with E-state index in [1.807, 2.05) is 6.07 Å². The van der Waals surface area contributed by atoms with Crippen LogP contribution in [0.4, 0.5) is 0 Å². The van der Waals surface area contributed by atoms with Gasteiger partial charge in [-0.15, -0.1) is 0 Å². The SMILES string of the molecule is CN1CCc2cc(Cl)c3[nH]c(=O)[nH]c3c2[C@H]2c3cccc(Br)c3CC[C@@H]21. The van der Waals surface area contributed by atoms with Gasteiger partial charge in [0.25, 0.3) is 0 Å². The van der Waals surface area contributed by atoms with E-state index in [0.29, 0.717) is 11.1 Å². The summed E-state index contributed by atoms with van der Waals surface area (Å²) < 4.78 is 1.18. The van der Waals surface area contributed by atoms with Crippen LogP contribution in [-0.2, 0) is 12.8 Å². The second-order valence-corrected chi connectivity index (χ2v) is 8.64. The second-order valence-electron chi connectivity index (χ2n) is 7.38. The predicted octanol–water partition coefficient (Wildman–Crippen LogP) is 4.21. The van der Waals surface area contributed by atoms with Gasteiger partial charge in [-0.1, -0.05) is 39.7 Å². The lowest BCUT2D eigenvalue weighted by Crippen LogP contribution is -2.39. The first-order valence-corrected chi connectivity index (χ1v) is 10.1. The van der Waals surface area contributed by atoms with E-state index in [0.717, 1.165) is 36.8 Å². The van der Waals surface area contributed by atoms with E-state index in [2.05, 4.69) is 56.0 Å². The van der Waals surface area contributed by atoms with Gasteiger partial charge in [0, 0.05) is 23.0 Å². The van der Waals surface area contributed by atoms with Gasteiger partial charge in [-0.3, -0.25) is 0 Å². The standard InChI is InChI=1S/C20H19BrClN3O/c1-25-8-7-10-9-14(22)18-19(24-20(26)23-18)16(10)17-12-3-2-4-13(21)11(12)5-6-15(17)25/h2-4,9,15,17H,5-8H2,1H3,(H2,23,24,26)/t15-,17-/m0/s1. The van der Waals surface area contributed by atoms with E-state index < -0.39 is 0 Å². The number of aromatic amines is 2. The lowest BCUT2D eigenvalue weighted by atomic mass is 9.74. The van der Waals surface area contributed by atoms with Crippen molar-refractivity contribution in [1.29, 1.82) is 0 Å². The van der Waals surface area contributed by atoms with Crippen LogP contribution in [-0.4, -0.2) is 34.5 Å². The van der Waals surface area contributed by atoms with Crippen LogP contribution in [0.15, 0.2) is 33.5 Å². The highest BCUT2D eigenvalue weighted by Gasteiger charge is 2.38. The third-order valence-corrected chi connectivity index (χ3v) is 7.10. The zero-order chi connectivity index (χ0) is 18.0. The number of hydrogen-bond donors (Lipinski definition) is 2. The monoisotopic (exact) mass is 431 g/mol. The molecule has 2 heterocycles. The maximum atomic E-state index is 12.0. The number of nitrogens with zero attached hydrogens (tertiary/aromatic N) is 1. The quantitative estimate of drug-likeness (QED) is 0.559. The first kappa shape index (κ1) is 16.6. The first-order valence-electron chi connectivity index (χ1n) is 8.95. The summed E-state index contributed by atoms with van der Waals surface area (Å²) in [6, 6.07) is 8.94. The average molecular weight is 433 g/mol. The summed E-state index contributed by atoms with van der Waals surface area (Å²) >= 11 is 10.2. The second kappa shape index (κ2) is 5.98. The van der Waals surface area contributed by atoms with Gasteiger partial charge in [0.2, 0.25) is 0 Å². The smallest absolute Gasteiger partial charge is 0.305 e. The third kappa shape index (κ3) is 2.34. The highest BCUT2D eigenvalue weighted by molar-refractivity contribution is 9.10. The molecule has 4 nitrogen and oxygen atoms in total. The molecule has 0 radical (unpaired) electrons. The molecule has 0 saturated heterocycles.